The van der Waals surface area contributed by atoms with Crippen molar-refractivity contribution < 1.29 is 57.7 Å². The number of esters is 1. The molecule has 0 aromatic heterocycles. The first-order valence-corrected chi connectivity index (χ1v) is 15.6. The summed E-state index contributed by atoms with van der Waals surface area (Å²) in [5.41, 5.74) is -1.55. The van der Waals surface area contributed by atoms with E-state index in [0.29, 0.717) is 16.5 Å². The number of carbonyl (C=O) groups excluding carboxylic acids is 5. The van der Waals surface area contributed by atoms with Gasteiger partial charge in [-0.05, 0) is 84.2 Å². The molecule has 0 aliphatic heterocycles. The van der Waals surface area contributed by atoms with Crippen LogP contribution in [-0.2, 0) is 23.9 Å². The lowest BCUT2D eigenvalue weighted by atomic mass is 10.0. The van der Waals surface area contributed by atoms with Crippen LogP contribution in [0.3, 0.4) is 0 Å². The molecule has 0 spiro atoms. The standard InChI is InChI=1S/C33H35BrN4O13/c1-33(2,3)51-32(44)37-28(31(43)36-27(30(42)35-15-26(41)48-5)18-8-10-23(47-4)20(34)12-18)19-13-22(40)29(49-6)25(14-19)50-24-9-7-17(16-39)11-21(24)38(45)46/h7-14,16,27-28,40H,15H2,1-6H3,(H,35,42)(H,36,43)(H,37,44)/t27-,28-/m1/s1. The summed E-state index contributed by atoms with van der Waals surface area (Å²) in [4.78, 5) is 74.6. The zero-order valence-electron chi connectivity index (χ0n) is 28.2. The largest absolute Gasteiger partial charge is 0.504 e. The molecule has 0 fully saturated rings. The van der Waals surface area contributed by atoms with E-state index in [0.717, 1.165) is 31.4 Å². The van der Waals surface area contributed by atoms with Crippen molar-refractivity contribution in [3.63, 3.8) is 0 Å². The molecule has 272 valence electrons. The minimum absolute atomic E-state index is 0.00928. The van der Waals surface area contributed by atoms with E-state index in [9.17, 15) is 39.2 Å². The van der Waals surface area contributed by atoms with Crippen LogP contribution in [0.5, 0.6) is 28.7 Å². The molecule has 0 saturated heterocycles. The Morgan fingerprint density at radius 1 is 0.902 bits per heavy atom. The number of halogens is 1. The summed E-state index contributed by atoms with van der Waals surface area (Å²) >= 11 is 3.34. The third kappa shape index (κ3) is 10.5. The predicted octanol–water partition coefficient (Wildman–Crippen LogP) is 4.40. The third-order valence-corrected chi connectivity index (χ3v) is 7.37. The van der Waals surface area contributed by atoms with E-state index in [1.807, 2.05) is 0 Å². The second kappa shape index (κ2) is 17.1. The Morgan fingerprint density at radius 2 is 1.57 bits per heavy atom. The molecular formula is C33H35BrN4O13. The molecule has 0 radical (unpaired) electrons. The van der Waals surface area contributed by atoms with Crippen LogP contribution in [0.15, 0.2) is 53.0 Å². The van der Waals surface area contributed by atoms with Gasteiger partial charge in [0.1, 0.15) is 36.3 Å². The van der Waals surface area contributed by atoms with Crippen LogP contribution >= 0.6 is 15.9 Å². The molecule has 18 heteroatoms. The highest BCUT2D eigenvalue weighted by Gasteiger charge is 2.33. The van der Waals surface area contributed by atoms with Gasteiger partial charge >= 0.3 is 17.7 Å². The Kier molecular flexibility index (Phi) is 13.3. The molecule has 0 saturated carbocycles. The van der Waals surface area contributed by atoms with Gasteiger partial charge in [-0.3, -0.25) is 29.3 Å². The maximum absolute atomic E-state index is 14.1. The minimum atomic E-state index is -1.72. The van der Waals surface area contributed by atoms with Crippen LogP contribution in [0.1, 0.15) is 54.3 Å². The van der Waals surface area contributed by atoms with Crippen molar-refractivity contribution in [2.75, 3.05) is 27.9 Å². The van der Waals surface area contributed by atoms with Crippen LogP contribution in [0.25, 0.3) is 0 Å². The van der Waals surface area contributed by atoms with Crippen molar-refractivity contribution >= 4 is 51.8 Å². The summed E-state index contributed by atoms with van der Waals surface area (Å²) in [5, 5.41) is 30.1. The molecule has 51 heavy (non-hydrogen) atoms. The number of phenols is 1. The van der Waals surface area contributed by atoms with Gasteiger partial charge in [0, 0.05) is 11.6 Å². The Labute approximate surface area is 299 Å². The monoisotopic (exact) mass is 774 g/mol. The normalized spacial score (nSPS) is 12.0. The highest BCUT2D eigenvalue weighted by Crippen LogP contribution is 2.43. The summed E-state index contributed by atoms with van der Waals surface area (Å²) in [7, 11) is 3.73. The van der Waals surface area contributed by atoms with Gasteiger partial charge in [-0.2, -0.15) is 0 Å². The minimum Gasteiger partial charge on any atom is -0.504 e. The van der Waals surface area contributed by atoms with E-state index < -0.39 is 64.5 Å². The highest BCUT2D eigenvalue weighted by atomic mass is 79.9. The van der Waals surface area contributed by atoms with E-state index in [-0.39, 0.29) is 33.9 Å². The number of methoxy groups -OCH3 is 3. The quantitative estimate of drug-likeness (QED) is 0.0771. The first-order chi connectivity index (χ1) is 24.0. The number of aromatic hydroxyl groups is 1. The highest BCUT2D eigenvalue weighted by molar-refractivity contribution is 9.10. The zero-order chi connectivity index (χ0) is 38.0. The van der Waals surface area contributed by atoms with Gasteiger partial charge in [0.2, 0.25) is 23.3 Å². The van der Waals surface area contributed by atoms with E-state index in [2.05, 4.69) is 36.6 Å². The number of amides is 3. The van der Waals surface area contributed by atoms with Gasteiger partial charge in [-0.15, -0.1) is 0 Å². The number of benzene rings is 3. The SMILES string of the molecule is COC(=O)CNC(=O)[C@H](NC(=O)[C@H](NC(=O)OC(C)(C)C)c1cc(O)c(OC)c(Oc2ccc(C=O)cc2[N+](=O)[O-])c1)c1ccc(OC)c(Br)c1. The number of nitro benzene ring substituents is 1. The Bertz CT molecular complexity index is 1830. The first-order valence-electron chi connectivity index (χ1n) is 14.8. The number of hydrogen-bond donors (Lipinski definition) is 4. The topological polar surface area (TPSA) is 231 Å². The third-order valence-electron chi connectivity index (χ3n) is 6.75. The summed E-state index contributed by atoms with van der Waals surface area (Å²) < 4.78 is 26.6. The summed E-state index contributed by atoms with van der Waals surface area (Å²) in [6.07, 6.45) is -0.664. The van der Waals surface area contributed by atoms with Gasteiger partial charge in [-0.25, -0.2) is 4.79 Å². The Morgan fingerprint density at radius 3 is 2.14 bits per heavy atom. The smallest absolute Gasteiger partial charge is 0.408 e. The molecular weight excluding hydrogens is 740 g/mol. The summed E-state index contributed by atoms with van der Waals surface area (Å²) in [6.45, 7) is 4.21. The molecule has 3 aromatic carbocycles. The molecule has 17 nitrogen and oxygen atoms in total. The molecule has 0 heterocycles. The molecule has 0 unspecified atom stereocenters. The predicted molar refractivity (Wildman–Crippen MR) is 182 cm³/mol. The Balaban J connectivity index is 2.15. The average molecular weight is 776 g/mol. The molecule has 0 aliphatic rings. The summed E-state index contributed by atoms with van der Waals surface area (Å²) in [6, 6.07) is 6.91. The lowest BCUT2D eigenvalue weighted by Gasteiger charge is -2.26. The number of aldehydes is 1. The molecule has 4 N–H and O–H groups in total. The number of nitrogens with one attached hydrogen (secondary N) is 3. The van der Waals surface area contributed by atoms with Crippen LogP contribution in [-0.4, -0.2) is 73.7 Å². The number of nitro groups is 1. The van der Waals surface area contributed by atoms with Crippen LogP contribution < -0.4 is 30.2 Å². The first kappa shape index (κ1) is 39.5. The van der Waals surface area contributed by atoms with Crippen molar-refractivity contribution in [1.82, 2.24) is 16.0 Å². The van der Waals surface area contributed by atoms with Crippen molar-refractivity contribution in [3.8, 4) is 28.7 Å². The van der Waals surface area contributed by atoms with Crippen molar-refractivity contribution in [2.24, 2.45) is 0 Å². The van der Waals surface area contributed by atoms with Gasteiger partial charge in [0.25, 0.3) is 0 Å². The number of rotatable bonds is 14. The lowest BCUT2D eigenvalue weighted by Crippen LogP contribution is -2.47. The molecule has 2 atom stereocenters. The second-order valence-electron chi connectivity index (χ2n) is 11.5. The van der Waals surface area contributed by atoms with E-state index in [4.69, 9.17) is 18.9 Å². The van der Waals surface area contributed by atoms with Crippen LogP contribution in [0.4, 0.5) is 10.5 Å². The van der Waals surface area contributed by atoms with Crippen LogP contribution in [0.2, 0.25) is 0 Å². The van der Waals surface area contributed by atoms with Crippen molar-refractivity contribution in [2.45, 2.75) is 38.5 Å². The van der Waals surface area contributed by atoms with Crippen molar-refractivity contribution in [1.29, 1.82) is 0 Å². The molecule has 3 aromatic rings. The van der Waals surface area contributed by atoms with Gasteiger partial charge in [0.15, 0.2) is 11.5 Å². The molecule has 0 aliphatic carbocycles. The average Bonchev–Trinajstić information content (AvgIpc) is 3.07. The van der Waals surface area contributed by atoms with Gasteiger partial charge in [-0.1, -0.05) is 6.07 Å². The lowest BCUT2D eigenvalue weighted by molar-refractivity contribution is -0.385. The molecule has 3 rings (SSSR count). The maximum Gasteiger partial charge on any atom is 0.408 e. The number of phenolic OH excluding ortho intramolecular Hbond substituents is 1. The van der Waals surface area contributed by atoms with Gasteiger partial charge in [0.05, 0.1) is 30.7 Å². The fraction of sp³-hybridized carbons (Fsp3) is 0.303. The van der Waals surface area contributed by atoms with Crippen molar-refractivity contribution in [3.05, 3.63) is 79.8 Å². The second-order valence-corrected chi connectivity index (χ2v) is 12.3. The molecule has 3 amide bonds. The van der Waals surface area contributed by atoms with E-state index in [1.165, 1.54) is 38.5 Å². The fourth-order valence-corrected chi connectivity index (χ4v) is 5.02. The maximum atomic E-state index is 14.1. The number of carbonyl (C=O) groups is 5. The van der Waals surface area contributed by atoms with E-state index >= 15 is 0 Å². The van der Waals surface area contributed by atoms with Gasteiger partial charge < -0.3 is 44.7 Å². The number of alkyl carbamates (subject to hydrolysis) is 1. The van der Waals surface area contributed by atoms with Crippen LogP contribution in [0, 0.1) is 10.1 Å². The number of hydrogen-bond acceptors (Lipinski definition) is 13. The fourth-order valence-electron chi connectivity index (χ4n) is 4.46. The number of ether oxygens (including phenoxy) is 5. The molecule has 0 bridgehead atoms. The summed E-state index contributed by atoms with van der Waals surface area (Å²) in [5.74, 6) is -3.79. The number of nitrogens with zero attached hydrogens (tertiary/aromatic N) is 1. The van der Waals surface area contributed by atoms with E-state index in [1.54, 1.807) is 20.8 Å². The Hall–Kier alpha value is -5.91. The zero-order valence-corrected chi connectivity index (χ0v) is 29.8.